The van der Waals surface area contributed by atoms with E-state index in [1.54, 1.807) is 0 Å². The van der Waals surface area contributed by atoms with Gasteiger partial charge in [0.2, 0.25) is 0 Å². The minimum Gasteiger partial charge on any atom is -0.444 e. The molecule has 0 saturated carbocycles. The number of carbonyl (C=O) groups is 1. The van der Waals surface area contributed by atoms with E-state index in [1.165, 1.54) is 12.0 Å². The Hall–Kier alpha value is -1.79. The van der Waals surface area contributed by atoms with Gasteiger partial charge in [0.05, 0.1) is 6.61 Å². The average molecular weight is 379 g/mol. The number of hydrogen-bond acceptors (Lipinski definition) is 5. The Morgan fingerprint density at radius 1 is 1.19 bits per heavy atom. The van der Waals surface area contributed by atoms with Crippen LogP contribution in [0.5, 0.6) is 0 Å². The first kappa shape index (κ1) is 21.5. The fraction of sp³-hybridized carbons (Fsp3) is 0.667. The van der Waals surface area contributed by atoms with Crippen molar-refractivity contribution in [1.82, 2.24) is 5.32 Å². The van der Waals surface area contributed by atoms with Crippen LogP contribution >= 0.6 is 0 Å². The number of benzene rings is 1. The second-order valence-corrected chi connectivity index (χ2v) is 7.82. The molecule has 1 aliphatic heterocycles. The van der Waals surface area contributed by atoms with Gasteiger partial charge in [-0.25, -0.2) is 4.79 Å². The second-order valence-electron chi connectivity index (χ2n) is 7.82. The lowest BCUT2D eigenvalue weighted by molar-refractivity contribution is -0.162. The van der Waals surface area contributed by atoms with Crippen LogP contribution in [0, 0.1) is 0 Å². The lowest BCUT2D eigenvalue weighted by atomic mass is 10.1. The molecule has 1 aromatic rings. The normalized spacial score (nSPS) is 17.4. The van der Waals surface area contributed by atoms with Gasteiger partial charge < -0.3 is 24.8 Å². The highest BCUT2D eigenvalue weighted by molar-refractivity contribution is 5.67. The van der Waals surface area contributed by atoms with Crippen LogP contribution in [0.2, 0.25) is 0 Å². The number of ether oxygens (including phenoxy) is 3. The highest BCUT2D eigenvalue weighted by Gasteiger charge is 2.15. The van der Waals surface area contributed by atoms with Crippen LogP contribution in [0.4, 0.5) is 10.5 Å². The summed E-state index contributed by atoms with van der Waals surface area (Å²) in [4.78, 5) is 11.6. The van der Waals surface area contributed by atoms with Gasteiger partial charge in [-0.1, -0.05) is 12.1 Å². The van der Waals surface area contributed by atoms with Crippen molar-refractivity contribution in [3.63, 3.8) is 0 Å². The molecular weight excluding hydrogens is 344 g/mol. The molecule has 1 fully saturated rings. The Morgan fingerprint density at radius 3 is 2.63 bits per heavy atom. The molecule has 0 radical (unpaired) electrons. The Labute approximate surface area is 163 Å². The number of amides is 1. The van der Waals surface area contributed by atoms with Gasteiger partial charge in [-0.2, -0.15) is 0 Å². The zero-order chi connectivity index (χ0) is 19.5. The second kappa shape index (κ2) is 11.1. The molecule has 1 atom stereocenters. The third kappa shape index (κ3) is 9.63. The highest BCUT2D eigenvalue weighted by Crippen LogP contribution is 2.14. The summed E-state index contributed by atoms with van der Waals surface area (Å²) in [5.74, 6) is 0. The van der Waals surface area contributed by atoms with Crippen molar-refractivity contribution in [3.05, 3.63) is 29.8 Å². The summed E-state index contributed by atoms with van der Waals surface area (Å²) in [5.41, 5.74) is 1.80. The third-order valence-electron chi connectivity index (χ3n) is 4.13. The molecule has 1 aliphatic rings. The standard InChI is InChI=1S/C21H34N2O4/c1-21(2,3)27-20(24)23-14-12-17-8-10-18(11-9-17)22-13-6-16-26-19-7-4-5-15-25-19/h8-11,19,22H,4-7,12-16H2,1-3H3,(H,23,24). The van der Waals surface area contributed by atoms with Crippen LogP contribution in [-0.4, -0.2) is 44.3 Å². The molecular formula is C21H34N2O4. The van der Waals surface area contributed by atoms with Crippen molar-refractivity contribution < 1.29 is 19.0 Å². The first-order chi connectivity index (χ1) is 12.9. The molecule has 1 heterocycles. The molecule has 1 saturated heterocycles. The molecule has 0 bridgehead atoms. The van der Waals surface area contributed by atoms with Gasteiger partial charge >= 0.3 is 6.09 Å². The van der Waals surface area contributed by atoms with E-state index in [0.29, 0.717) is 13.2 Å². The van der Waals surface area contributed by atoms with Crippen LogP contribution in [0.15, 0.2) is 24.3 Å². The third-order valence-corrected chi connectivity index (χ3v) is 4.13. The first-order valence-corrected chi connectivity index (χ1v) is 9.95. The predicted molar refractivity (Wildman–Crippen MR) is 107 cm³/mol. The highest BCUT2D eigenvalue weighted by atomic mass is 16.7. The molecule has 2 N–H and O–H groups in total. The van der Waals surface area contributed by atoms with Crippen molar-refractivity contribution in [3.8, 4) is 0 Å². The number of nitrogens with one attached hydrogen (secondary N) is 2. The van der Waals surface area contributed by atoms with E-state index < -0.39 is 5.60 Å². The van der Waals surface area contributed by atoms with E-state index in [-0.39, 0.29) is 12.4 Å². The van der Waals surface area contributed by atoms with E-state index in [2.05, 4.69) is 34.9 Å². The van der Waals surface area contributed by atoms with Crippen LogP contribution in [0.1, 0.15) is 52.0 Å². The maximum atomic E-state index is 11.6. The van der Waals surface area contributed by atoms with Gasteiger partial charge in [0.25, 0.3) is 0 Å². The molecule has 27 heavy (non-hydrogen) atoms. The van der Waals surface area contributed by atoms with Crippen molar-refractivity contribution in [2.45, 2.75) is 64.8 Å². The fourth-order valence-corrected chi connectivity index (χ4v) is 2.77. The first-order valence-electron chi connectivity index (χ1n) is 9.95. The molecule has 0 spiro atoms. The molecule has 0 aromatic heterocycles. The number of alkyl carbamates (subject to hydrolysis) is 1. The summed E-state index contributed by atoms with van der Waals surface area (Å²) < 4.78 is 16.5. The molecule has 0 aliphatic carbocycles. The van der Waals surface area contributed by atoms with E-state index in [0.717, 1.165) is 44.5 Å². The maximum Gasteiger partial charge on any atom is 0.407 e. The monoisotopic (exact) mass is 378 g/mol. The lowest BCUT2D eigenvalue weighted by Crippen LogP contribution is -2.33. The maximum absolute atomic E-state index is 11.6. The molecule has 1 unspecified atom stereocenters. The van der Waals surface area contributed by atoms with Crippen molar-refractivity contribution in [2.75, 3.05) is 31.6 Å². The van der Waals surface area contributed by atoms with E-state index in [1.807, 2.05) is 20.8 Å². The number of hydrogen-bond donors (Lipinski definition) is 2. The van der Waals surface area contributed by atoms with Crippen molar-refractivity contribution in [2.24, 2.45) is 0 Å². The summed E-state index contributed by atoms with van der Waals surface area (Å²) >= 11 is 0. The summed E-state index contributed by atoms with van der Waals surface area (Å²) in [6.45, 7) is 8.53. The summed E-state index contributed by atoms with van der Waals surface area (Å²) in [6, 6.07) is 8.28. The van der Waals surface area contributed by atoms with Crippen molar-refractivity contribution >= 4 is 11.8 Å². The van der Waals surface area contributed by atoms with Gasteiger partial charge in [-0.05, 0) is 70.6 Å². The molecule has 6 nitrogen and oxygen atoms in total. The summed E-state index contributed by atoms with van der Waals surface area (Å²) in [6.07, 6.45) is 4.69. The summed E-state index contributed by atoms with van der Waals surface area (Å²) in [7, 11) is 0. The minimum absolute atomic E-state index is 0.00711. The van der Waals surface area contributed by atoms with E-state index in [4.69, 9.17) is 14.2 Å². The zero-order valence-electron chi connectivity index (χ0n) is 16.9. The largest absolute Gasteiger partial charge is 0.444 e. The molecule has 2 rings (SSSR count). The van der Waals surface area contributed by atoms with Gasteiger partial charge in [0, 0.05) is 25.4 Å². The quantitative estimate of drug-likeness (QED) is 0.633. The van der Waals surface area contributed by atoms with Gasteiger partial charge in [0.1, 0.15) is 5.60 Å². The number of rotatable bonds is 9. The molecule has 1 aromatic carbocycles. The Balaban J connectivity index is 1.56. The summed E-state index contributed by atoms with van der Waals surface area (Å²) in [5, 5.41) is 6.18. The minimum atomic E-state index is -0.466. The van der Waals surface area contributed by atoms with Gasteiger partial charge in [-0.15, -0.1) is 0 Å². The SMILES string of the molecule is CC(C)(C)OC(=O)NCCc1ccc(NCCCOC2CCCCO2)cc1. The predicted octanol–water partition coefficient (Wildman–Crippen LogP) is 4.10. The Bertz CT molecular complexity index is 548. The fourth-order valence-electron chi connectivity index (χ4n) is 2.77. The van der Waals surface area contributed by atoms with E-state index >= 15 is 0 Å². The number of anilines is 1. The lowest BCUT2D eigenvalue weighted by Gasteiger charge is -2.22. The van der Waals surface area contributed by atoms with Gasteiger partial charge in [0.15, 0.2) is 6.29 Å². The van der Waals surface area contributed by atoms with E-state index in [9.17, 15) is 4.79 Å². The average Bonchev–Trinajstić information content (AvgIpc) is 2.62. The van der Waals surface area contributed by atoms with Crippen molar-refractivity contribution in [1.29, 1.82) is 0 Å². The van der Waals surface area contributed by atoms with Crippen LogP contribution < -0.4 is 10.6 Å². The topological polar surface area (TPSA) is 68.8 Å². The molecule has 1 amide bonds. The zero-order valence-corrected chi connectivity index (χ0v) is 16.9. The smallest absolute Gasteiger partial charge is 0.407 e. The van der Waals surface area contributed by atoms with Crippen LogP contribution in [0.25, 0.3) is 0 Å². The molecule has 152 valence electrons. The molecule has 6 heteroatoms. The van der Waals surface area contributed by atoms with Gasteiger partial charge in [-0.3, -0.25) is 0 Å². The number of carbonyl (C=O) groups excluding carboxylic acids is 1. The Kier molecular flexibility index (Phi) is 8.88. The van der Waals surface area contributed by atoms with Crippen LogP contribution in [-0.2, 0) is 20.6 Å². The Morgan fingerprint density at radius 2 is 1.96 bits per heavy atom. The van der Waals surface area contributed by atoms with Crippen LogP contribution in [0.3, 0.4) is 0 Å².